The van der Waals surface area contributed by atoms with Crippen LogP contribution in [0.15, 0.2) is 29.2 Å². The number of nitrogens with two attached hydrogens (primary N) is 1. The zero-order valence-corrected chi connectivity index (χ0v) is 12.7. The van der Waals surface area contributed by atoms with Crippen LogP contribution in [0.3, 0.4) is 0 Å². The summed E-state index contributed by atoms with van der Waals surface area (Å²) in [4.78, 5) is 12.4. The first-order valence-corrected chi connectivity index (χ1v) is 8.02. The molecule has 0 aromatic heterocycles. The molecule has 0 heterocycles. The number of unbranched alkanes of at least 4 members (excludes halogenated alkanes) is 1. The fourth-order valence-electron chi connectivity index (χ4n) is 1.81. The van der Waals surface area contributed by atoms with E-state index in [-0.39, 0.29) is 17.8 Å². The Balaban J connectivity index is 2.27. The van der Waals surface area contributed by atoms with Crippen LogP contribution in [-0.4, -0.2) is 24.2 Å². The molecule has 0 saturated carbocycles. The highest BCUT2D eigenvalue weighted by Gasteiger charge is 2.10. The first-order valence-electron chi connectivity index (χ1n) is 7.04. The molecule has 1 aromatic carbocycles. The summed E-state index contributed by atoms with van der Waals surface area (Å²) in [6, 6.07) is 6.66. The molecule has 0 saturated heterocycles. The Labute approximate surface area is 124 Å². The molecule has 1 unspecified atom stereocenters. The van der Waals surface area contributed by atoms with Crippen LogP contribution >= 0.6 is 11.8 Å². The topological polar surface area (TPSA) is 55.1 Å². The van der Waals surface area contributed by atoms with E-state index in [4.69, 9.17) is 5.73 Å². The molecule has 0 spiro atoms. The van der Waals surface area contributed by atoms with Gasteiger partial charge in [-0.2, -0.15) is 0 Å². The number of benzene rings is 1. The lowest BCUT2D eigenvalue weighted by atomic mass is 10.1. The van der Waals surface area contributed by atoms with E-state index in [1.807, 2.05) is 0 Å². The van der Waals surface area contributed by atoms with Gasteiger partial charge in [0.15, 0.2) is 0 Å². The van der Waals surface area contributed by atoms with Gasteiger partial charge in [-0.1, -0.05) is 31.9 Å². The number of nitrogens with one attached hydrogen (secondary N) is 1. The lowest BCUT2D eigenvalue weighted by Gasteiger charge is -2.16. The molecule has 20 heavy (non-hydrogen) atoms. The summed E-state index contributed by atoms with van der Waals surface area (Å²) in [6.07, 6.45) is 3.45. The van der Waals surface area contributed by atoms with Crippen molar-refractivity contribution in [1.29, 1.82) is 0 Å². The number of amides is 1. The molecular formula is C15H23FN2OS. The SMILES string of the molecule is CCCCC(CN)NC(=O)CCSc1ccccc1F. The molecule has 1 amide bonds. The maximum absolute atomic E-state index is 13.4. The van der Waals surface area contributed by atoms with Crippen molar-refractivity contribution in [1.82, 2.24) is 5.32 Å². The summed E-state index contributed by atoms with van der Waals surface area (Å²) in [5.41, 5.74) is 5.63. The zero-order valence-electron chi connectivity index (χ0n) is 11.9. The van der Waals surface area contributed by atoms with Gasteiger partial charge in [-0.15, -0.1) is 11.8 Å². The van der Waals surface area contributed by atoms with Gasteiger partial charge in [-0.05, 0) is 18.6 Å². The van der Waals surface area contributed by atoms with Gasteiger partial charge in [-0.3, -0.25) is 4.79 Å². The maximum Gasteiger partial charge on any atom is 0.221 e. The summed E-state index contributed by atoms with van der Waals surface area (Å²) >= 11 is 1.36. The minimum absolute atomic E-state index is 0.0135. The van der Waals surface area contributed by atoms with E-state index in [0.29, 0.717) is 23.6 Å². The van der Waals surface area contributed by atoms with Crippen LogP contribution in [0, 0.1) is 5.82 Å². The molecule has 1 rings (SSSR count). The van der Waals surface area contributed by atoms with Crippen LogP contribution in [0.1, 0.15) is 32.6 Å². The molecule has 0 fully saturated rings. The number of thioether (sulfide) groups is 1. The molecule has 0 aliphatic rings. The van der Waals surface area contributed by atoms with Crippen molar-refractivity contribution in [3.63, 3.8) is 0 Å². The Morgan fingerprint density at radius 1 is 1.45 bits per heavy atom. The van der Waals surface area contributed by atoms with E-state index >= 15 is 0 Å². The van der Waals surface area contributed by atoms with Gasteiger partial charge in [-0.25, -0.2) is 4.39 Å². The molecule has 0 bridgehead atoms. The highest BCUT2D eigenvalue weighted by atomic mass is 32.2. The number of carbonyl (C=O) groups excluding carboxylic acids is 1. The lowest BCUT2D eigenvalue weighted by molar-refractivity contribution is -0.121. The number of rotatable bonds is 9. The molecule has 0 radical (unpaired) electrons. The summed E-state index contributed by atoms with van der Waals surface area (Å²) < 4.78 is 13.4. The summed E-state index contributed by atoms with van der Waals surface area (Å²) in [5.74, 6) is 0.318. The van der Waals surface area contributed by atoms with Gasteiger partial charge in [0, 0.05) is 29.7 Å². The van der Waals surface area contributed by atoms with Gasteiger partial charge in [0.1, 0.15) is 5.82 Å². The smallest absolute Gasteiger partial charge is 0.221 e. The third-order valence-electron chi connectivity index (χ3n) is 2.98. The standard InChI is InChI=1S/C15H23FN2OS/c1-2-3-6-12(11-17)18-15(19)9-10-20-14-8-5-4-7-13(14)16/h4-5,7-8,12H,2-3,6,9-11,17H2,1H3,(H,18,19). The van der Waals surface area contributed by atoms with Gasteiger partial charge < -0.3 is 11.1 Å². The van der Waals surface area contributed by atoms with Crippen LogP contribution < -0.4 is 11.1 Å². The van der Waals surface area contributed by atoms with Crippen molar-refractivity contribution in [2.45, 2.75) is 43.5 Å². The molecule has 0 aliphatic carbocycles. The molecule has 3 nitrogen and oxygen atoms in total. The molecule has 0 aliphatic heterocycles. The second-order valence-corrected chi connectivity index (χ2v) is 5.81. The zero-order chi connectivity index (χ0) is 14.8. The second kappa shape index (κ2) is 9.77. The van der Waals surface area contributed by atoms with Crippen molar-refractivity contribution >= 4 is 17.7 Å². The first-order chi connectivity index (χ1) is 9.67. The van der Waals surface area contributed by atoms with E-state index in [1.165, 1.54) is 17.8 Å². The Hall–Kier alpha value is -1.07. The van der Waals surface area contributed by atoms with Crippen molar-refractivity contribution in [3.05, 3.63) is 30.1 Å². The van der Waals surface area contributed by atoms with Crippen LogP contribution in [-0.2, 0) is 4.79 Å². The molecule has 5 heteroatoms. The lowest BCUT2D eigenvalue weighted by Crippen LogP contribution is -2.40. The maximum atomic E-state index is 13.4. The van der Waals surface area contributed by atoms with Crippen LogP contribution in [0.5, 0.6) is 0 Å². The van der Waals surface area contributed by atoms with E-state index in [1.54, 1.807) is 18.2 Å². The Bertz CT molecular complexity index is 415. The molecule has 1 aromatic rings. The molecule has 1 atom stereocenters. The predicted octanol–water partition coefficient (Wildman–Crippen LogP) is 2.94. The fraction of sp³-hybridized carbons (Fsp3) is 0.533. The number of hydrogen-bond donors (Lipinski definition) is 2. The quantitative estimate of drug-likeness (QED) is 0.689. The van der Waals surface area contributed by atoms with Crippen LogP contribution in [0.25, 0.3) is 0 Å². The third-order valence-corrected chi connectivity index (χ3v) is 4.03. The third kappa shape index (κ3) is 6.39. The Morgan fingerprint density at radius 2 is 2.20 bits per heavy atom. The van der Waals surface area contributed by atoms with Crippen molar-refractivity contribution in [2.24, 2.45) is 5.73 Å². The van der Waals surface area contributed by atoms with Crippen molar-refractivity contribution < 1.29 is 9.18 Å². The van der Waals surface area contributed by atoms with Crippen LogP contribution in [0.2, 0.25) is 0 Å². The van der Waals surface area contributed by atoms with Crippen molar-refractivity contribution in [3.8, 4) is 0 Å². The molecular weight excluding hydrogens is 275 g/mol. The highest BCUT2D eigenvalue weighted by molar-refractivity contribution is 7.99. The minimum atomic E-state index is -0.235. The largest absolute Gasteiger partial charge is 0.352 e. The summed E-state index contributed by atoms with van der Waals surface area (Å²) in [6.45, 7) is 2.58. The minimum Gasteiger partial charge on any atom is -0.352 e. The van der Waals surface area contributed by atoms with Gasteiger partial charge in [0.2, 0.25) is 5.91 Å². The first kappa shape index (κ1) is 17.0. The Kier molecular flexibility index (Phi) is 8.30. The van der Waals surface area contributed by atoms with E-state index < -0.39 is 0 Å². The number of halogens is 1. The molecule has 112 valence electrons. The van der Waals surface area contributed by atoms with E-state index in [9.17, 15) is 9.18 Å². The molecule has 3 N–H and O–H groups in total. The van der Waals surface area contributed by atoms with Gasteiger partial charge >= 0.3 is 0 Å². The normalized spacial score (nSPS) is 12.2. The number of hydrogen-bond acceptors (Lipinski definition) is 3. The van der Waals surface area contributed by atoms with Crippen molar-refractivity contribution in [2.75, 3.05) is 12.3 Å². The predicted molar refractivity (Wildman–Crippen MR) is 82.3 cm³/mol. The fourth-order valence-corrected chi connectivity index (χ4v) is 2.70. The van der Waals surface area contributed by atoms with E-state index in [0.717, 1.165) is 19.3 Å². The monoisotopic (exact) mass is 298 g/mol. The second-order valence-electron chi connectivity index (χ2n) is 4.67. The number of carbonyl (C=O) groups is 1. The highest BCUT2D eigenvalue weighted by Crippen LogP contribution is 2.21. The Morgan fingerprint density at radius 3 is 2.85 bits per heavy atom. The van der Waals surface area contributed by atoms with Gasteiger partial charge in [0.25, 0.3) is 0 Å². The summed E-state index contributed by atoms with van der Waals surface area (Å²) in [7, 11) is 0. The van der Waals surface area contributed by atoms with E-state index in [2.05, 4.69) is 12.2 Å². The summed E-state index contributed by atoms with van der Waals surface area (Å²) in [5, 5.41) is 2.93. The van der Waals surface area contributed by atoms with Gasteiger partial charge in [0.05, 0.1) is 0 Å². The average molecular weight is 298 g/mol. The van der Waals surface area contributed by atoms with Crippen LogP contribution in [0.4, 0.5) is 4.39 Å². The average Bonchev–Trinajstić information content (AvgIpc) is 2.45.